The van der Waals surface area contributed by atoms with Gasteiger partial charge in [0.15, 0.2) is 5.16 Å². The van der Waals surface area contributed by atoms with Gasteiger partial charge in [-0.05, 0) is 37.5 Å². The van der Waals surface area contributed by atoms with Crippen molar-refractivity contribution >= 4 is 46.2 Å². The number of benzene rings is 1. The van der Waals surface area contributed by atoms with Crippen LogP contribution in [0.1, 0.15) is 27.2 Å². The smallest absolute Gasteiger partial charge is 0.321 e. The Kier molecular flexibility index (Phi) is 7.67. The van der Waals surface area contributed by atoms with Crippen LogP contribution in [0.15, 0.2) is 28.2 Å². The molecule has 0 fully saturated rings. The molecule has 0 radical (unpaired) electrons. The lowest BCUT2D eigenvalue weighted by atomic mass is 10.1. The van der Waals surface area contributed by atoms with Gasteiger partial charge in [0.2, 0.25) is 5.91 Å². The molecule has 1 heterocycles. The van der Waals surface area contributed by atoms with Crippen LogP contribution in [0.2, 0.25) is 5.02 Å². The van der Waals surface area contributed by atoms with Crippen LogP contribution in [0.4, 0.5) is 4.79 Å². The number of carbonyl (C=O) groups excluding carboxylic acids is 2. The number of nitrogens with zero attached hydrogens (tertiary/aromatic N) is 2. The molecule has 2 aromatic rings. The third kappa shape index (κ3) is 5.97. The second-order valence-electron chi connectivity index (χ2n) is 6.39. The Morgan fingerprint density at radius 1 is 1.33 bits per heavy atom. The van der Waals surface area contributed by atoms with E-state index in [2.05, 4.69) is 29.5 Å². The summed E-state index contributed by atoms with van der Waals surface area (Å²) in [6, 6.07) is 4.41. The molecule has 146 valence electrons. The summed E-state index contributed by atoms with van der Waals surface area (Å²) in [6.45, 7) is 6.84. The number of urea groups is 1. The molecule has 0 aliphatic heterocycles. The fourth-order valence-electron chi connectivity index (χ4n) is 2.37. The average Bonchev–Trinajstić information content (AvgIpc) is 2.59. The van der Waals surface area contributed by atoms with Gasteiger partial charge in [-0.15, -0.1) is 0 Å². The van der Waals surface area contributed by atoms with E-state index in [1.165, 1.54) is 0 Å². The third-order valence-corrected chi connectivity index (χ3v) is 4.95. The van der Waals surface area contributed by atoms with E-state index in [0.29, 0.717) is 40.1 Å². The van der Waals surface area contributed by atoms with Crippen LogP contribution in [-0.2, 0) is 11.3 Å². The number of halogens is 1. The summed E-state index contributed by atoms with van der Waals surface area (Å²) in [5.74, 6) is -0.0735. The van der Waals surface area contributed by atoms with Gasteiger partial charge in [0.05, 0.1) is 16.7 Å². The van der Waals surface area contributed by atoms with Gasteiger partial charge in [0.1, 0.15) is 0 Å². The second kappa shape index (κ2) is 9.75. The van der Waals surface area contributed by atoms with Gasteiger partial charge in [-0.25, -0.2) is 9.78 Å². The summed E-state index contributed by atoms with van der Waals surface area (Å²) in [6.07, 6.45) is 0.805. The SMILES string of the molecule is CCNC(=O)NC(=O)CSc1nc2cc(Cl)ccc2c(=O)n1CCC(C)C. The number of nitrogens with one attached hydrogen (secondary N) is 2. The van der Waals surface area contributed by atoms with E-state index in [-0.39, 0.29) is 11.3 Å². The largest absolute Gasteiger partial charge is 0.338 e. The fraction of sp³-hybridized carbons (Fsp3) is 0.444. The Hall–Kier alpha value is -2.06. The minimum atomic E-state index is -0.543. The summed E-state index contributed by atoms with van der Waals surface area (Å²) in [4.78, 5) is 40.8. The summed E-state index contributed by atoms with van der Waals surface area (Å²) < 4.78 is 1.58. The molecule has 0 aliphatic carbocycles. The van der Waals surface area contributed by atoms with E-state index in [9.17, 15) is 14.4 Å². The Morgan fingerprint density at radius 2 is 2.07 bits per heavy atom. The monoisotopic (exact) mass is 410 g/mol. The molecule has 0 unspecified atom stereocenters. The molecule has 0 spiro atoms. The van der Waals surface area contributed by atoms with Crippen LogP contribution in [0.25, 0.3) is 10.9 Å². The number of hydrogen-bond donors (Lipinski definition) is 2. The van der Waals surface area contributed by atoms with Gasteiger partial charge in [0, 0.05) is 18.1 Å². The average molecular weight is 411 g/mol. The molecular formula is C18H23ClN4O3S. The Morgan fingerprint density at radius 3 is 2.74 bits per heavy atom. The normalized spacial score (nSPS) is 11.0. The highest BCUT2D eigenvalue weighted by molar-refractivity contribution is 7.99. The summed E-state index contributed by atoms with van der Waals surface area (Å²) in [5, 5.41) is 6.13. The van der Waals surface area contributed by atoms with Gasteiger partial charge in [-0.3, -0.25) is 19.5 Å². The highest BCUT2D eigenvalue weighted by Crippen LogP contribution is 2.21. The zero-order valence-corrected chi connectivity index (χ0v) is 17.1. The van der Waals surface area contributed by atoms with Crippen molar-refractivity contribution < 1.29 is 9.59 Å². The first-order valence-electron chi connectivity index (χ1n) is 8.72. The molecule has 0 bridgehead atoms. The first-order valence-corrected chi connectivity index (χ1v) is 10.1. The number of hydrogen-bond acceptors (Lipinski definition) is 5. The zero-order chi connectivity index (χ0) is 20.0. The third-order valence-electron chi connectivity index (χ3n) is 3.74. The lowest BCUT2D eigenvalue weighted by Gasteiger charge is -2.14. The van der Waals surface area contributed by atoms with Crippen LogP contribution < -0.4 is 16.2 Å². The maximum absolute atomic E-state index is 12.9. The lowest BCUT2D eigenvalue weighted by Crippen LogP contribution is -2.40. The minimum absolute atomic E-state index is 0.0304. The molecule has 7 nitrogen and oxygen atoms in total. The van der Waals surface area contributed by atoms with E-state index in [1.807, 2.05) is 0 Å². The van der Waals surface area contributed by atoms with Crippen molar-refractivity contribution in [3.63, 3.8) is 0 Å². The number of carbonyl (C=O) groups is 2. The molecule has 3 amide bonds. The Bertz CT molecular complexity index is 898. The first kappa shape index (κ1) is 21.2. The predicted molar refractivity (Wildman–Crippen MR) is 108 cm³/mol. The molecule has 27 heavy (non-hydrogen) atoms. The van der Waals surface area contributed by atoms with Gasteiger partial charge >= 0.3 is 6.03 Å². The van der Waals surface area contributed by atoms with Crippen LogP contribution in [-0.4, -0.2) is 33.8 Å². The van der Waals surface area contributed by atoms with Crippen molar-refractivity contribution in [1.82, 2.24) is 20.2 Å². The van der Waals surface area contributed by atoms with Gasteiger partial charge in [-0.2, -0.15) is 0 Å². The summed E-state index contributed by atoms with van der Waals surface area (Å²) in [5.41, 5.74) is 0.323. The van der Waals surface area contributed by atoms with Gasteiger partial charge in [0.25, 0.3) is 5.56 Å². The quantitative estimate of drug-likeness (QED) is 0.540. The van der Waals surface area contributed by atoms with E-state index in [0.717, 1.165) is 18.2 Å². The summed E-state index contributed by atoms with van der Waals surface area (Å²) in [7, 11) is 0. The predicted octanol–water partition coefficient (Wildman–Crippen LogP) is 3.03. The molecule has 0 atom stereocenters. The topological polar surface area (TPSA) is 93.1 Å². The molecule has 0 aliphatic rings. The molecule has 0 saturated carbocycles. The van der Waals surface area contributed by atoms with Crippen molar-refractivity contribution in [2.24, 2.45) is 5.92 Å². The van der Waals surface area contributed by atoms with E-state index < -0.39 is 11.9 Å². The standard InChI is InChI=1S/C18H23ClN4O3S/c1-4-20-17(26)22-15(24)10-27-18-21-14-9-12(19)5-6-13(14)16(25)23(18)8-7-11(2)3/h5-6,9,11H,4,7-8,10H2,1-3H3,(H2,20,22,24,26). The Labute approximate surface area is 166 Å². The molecule has 0 saturated heterocycles. The van der Waals surface area contributed by atoms with Crippen LogP contribution in [0.5, 0.6) is 0 Å². The molecule has 1 aromatic carbocycles. The van der Waals surface area contributed by atoms with Crippen molar-refractivity contribution in [1.29, 1.82) is 0 Å². The number of imide groups is 1. The molecule has 1 aromatic heterocycles. The molecule has 2 rings (SSSR count). The van der Waals surface area contributed by atoms with Crippen molar-refractivity contribution in [3.8, 4) is 0 Å². The van der Waals surface area contributed by atoms with E-state index in [4.69, 9.17) is 11.6 Å². The maximum Gasteiger partial charge on any atom is 0.321 e. The van der Waals surface area contributed by atoms with Gasteiger partial charge in [-0.1, -0.05) is 37.2 Å². The van der Waals surface area contributed by atoms with Crippen molar-refractivity contribution in [3.05, 3.63) is 33.6 Å². The highest BCUT2D eigenvalue weighted by atomic mass is 35.5. The highest BCUT2D eigenvalue weighted by Gasteiger charge is 2.15. The number of rotatable bonds is 7. The number of amides is 3. The van der Waals surface area contributed by atoms with Crippen LogP contribution >= 0.6 is 23.4 Å². The maximum atomic E-state index is 12.9. The first-order chi connectivity index (χ1) is 12.8. The van der Waals surface area contributed by atoms with E-state index in [1.54, 1.807) is 29.7 Å². The van der Waals surface area contributed by atoms with Crippen molar-refractivity contribution in [2.45, 2.75) is 38.9 Å². The Balaban J connectivity index is 2.29. The lowest BCUT2D eigenvalue weighted by molar-refractivity contribution is -0.117. The zero-order valence-electron chi connectivity index (χ0n) is 15.5. The molecular weight excluding hydrogens is 388 g/mol. The second-order valence-corrected chi connectivity index (χ2v) is 7.77. The number of thioether (sulfide) groups is 1. The van der Waals surface area contributed by atoms with Crippen LogP contribution in [0, 0.1) is 5.92 Å². The fourth-order valence-corrected chi connectivity index (χ4v) is 3.36. The van der Waals surface area contributed by atoms with Crippen LogP contribution in [0.3, 0.4) is 0 Å². The van der Waals surface area contributed by atoms with E-state index >= 15 is 0 Å². The molecule has 9 heteroatoms. The summed E-state index contributed by atoms with van der Waals surface area (Å²) >= 11 is 7.13. The van der Waals surface area contributed by atoms with Gasteiger partial charge < -0.3 is 5.32 Å². The van der Waals surface area contributed by atoms with Crippen molar-refractivity contribution in [2.75, 3.05) is 12.3 Å². The molecule has 2 N–H and O–H groups in total. The minimum Gasteiger partial charge on any atom is -0.338 e. The number of fused-ring (bicyclic) bond motifs is 1. The number of aromatic nitrogens is 2.